The van der Waals surface area contributed by atoms with Crippen LogP contribution >= 0.6 is 0 Å². The average molecular weight is 473 g/mol. The number of amides is 1. The number of nitrogens with zero attached hydrogens (tertiary/aromatic N) is 2. The van der Waals surface area contributed by atoms with E-state index < -0.39 is 10.0 Å². The first-order chi connectivity index (χ1) is 15.6. The third kappa shape index (κ3) is 5.30. The molecule has 1 saturated carbocycles. The molecule has 5 nitrogen and oxygen atoms in total. The van der Waals surface area contributed by atoms with E-state index in [1.165, 1.54) is 10.4 Å². The molecule has 178 valence electrons. The van der Waals surface area contributed by atoms with Gasteiger partial charge in [-0.2, -0.15) is 4.31 Å². The van der Waals surface area contributed by atoms with Crippen LogP contribution in [0.3, 0.4) is 0 Å². The largest absolute Gasteiger partial charge is 0.335 e. The summed E-state index contributed by atoms with van der Waals surface area (Å²) in [4.78, 5) is 15.4. The van der Waals surface area contributed by atoms with Gasteiger partial charge in [0.1, 0.15) is 5.82 Å². The van der Waals surface area contributed by atoms with Crippen molar-refractivity contribution in [2.75, 3.05) is 13.1 Å². The average Bonchev–Trinajstić information content (AvgIpc) is 3.63. The van der Waals surface area contributed by atoms with Gasteiger partial charge < -0.3 is 4.90 Å². The summed E-state index contributed by atoms with van der Waals surface area (Å²) in [5.74, 6) is -0.506. The zero-order valence-electron chi connectivity index (χ0n) is 19.6. The Labute approximate surface area is 196 Å². The van der Waals surface area contributed by atoms with Crippen LogP contribution in [0.2, 0.25) is 0 Å². The molecule has 0 spiro atoms. The number of rotatable bonds is 6. The molecule has 1 amide bonds. The molecule has 2 aromatic carbocycles. The van der Waals surface area contributed by atoms with E-state index in [9.17, 15) is 17.6 Å². The SMILES string of the molecule is CC(C)(C)c1ccc(S(=O)(=O)N2CCC(C(=O)N(Cc3ccccc3F)C3CC3)CC2)cc1. The number of carbonyl (C=O) groups is 1. The maximum absolute atomic E-state index is 14.2. The van der Waals surface area contributed by atoms with E-state index >= 15 is 0 Å². The predicted molar refractivity (Wildman–Crippen MR) is 127 cm³/mol. The van der Waals surface area contributed by atoms with Gasteiger partial charge >= 0.3 is 0 Å². The molecule has 0 aromatic heterocycles. The molecule has 1 aliphatic heterocycles. The molecule has 4 rings (SSSR count). The Morgan fingerprint density at radius 2 is 1.61 bits per heavy atom. The Balaban J connectivity index is 1.41. The van der Waals surface area contributed by atoms with Gasteiger partial charge in [-0.1, -0.05) is 51.1 Å². The minimum atomic E-state index is -3.59. The van der Waals surface area contributed by atoms with Crippen molar-refractivity contribution in [1.82, 2.24) is 9.21 Å². The van der Waals surface area contributed by atoms with Crippen LogP contribution in [0.15, 0.2) is 53.4 Å². The van der Waals surface area contributed by atoms with E-state index in [-0.39, 0.29) is 35.6 Å². The quantitative estimate of drug-likeness (QED) is 0.612. The number of piperidine rings is 1. The molecule has 1 heterocycles. The van der Waals surface area contributed by atoms with Gasteiger partial charge in [0.05, 0.1) is 4.90 Å². The lowest BCUT2D eigenvalue weighted by atomic mass is 9.87. The number of hydrogen-bond acceptors (Lipinski definition) is 3. The van der Waals surface area contributed by atoms with Crippen LogP contribution in [-0.2, 0) is 26.8 Å². The molecule has 2 aromatic rings. The molecule has 1 aliphatic carbocycles. The molecule has 0 atom stereocenters. The smallest absolute Gasteiger partial charge is 0.243 e. The minimum Gasteiger partial charge on any atom is -0.335 e. The second kappa shape index (κ2) is 9.18. The predicted octanol–water partition coefficient (Wildman–Crippen LogP) is 4.72. The summed E-state index contributed by atoms with van der Waals surface area (Å²) >= 11 is 0. The first kappa shape index (κ1) is 23.9. The van der Waals surface area contributed by atoms with E-state index in [2.05, 4.69) is 20.8 Å². The first-order valence-corrected chi connectivity index (χ1v) is 13.2. The molecule has 33 heavy (non-hydrogen) atoms. The van der Waals surface area contributed by atoms with Gasteiger partial charge in [-0.15, -0.1) is 0 Å². The zero-order valence-corrected chi connectivity index (χ0v) is 20.4. The summed E-state index contributed by atoms with van der Waals surface area (Å²) in [6.45, 7) is 7.19. The Morgan fingerprint density at radius 1 is 1.00 bits per heavy atom. The lowest BCUT2D eigenvalue weighted by molar-refractivity contribution is -0.138. The first-order valence-electron chi connectivity index (χ1n) is 11.7. The van der Waals surface area contributed by atoms with Crippen molar-refractivity contribution < 1.29 is 17.6 Å². The van der Waals surface area contributed by atoms with Gasteiger partial charge in [-0.3, -0.25) is 4.79 Å². The minimum absolute atomic E-state index is 0.0207. The molecular formula is C26H33FN2O3S. The lowest BCUT2D eigenvalue weighted by Crippen LogP contribution is -2.44. The van der Waals surface area contributed by atoms with Gasteiger partial charge in [0.25, 0.3) is 0 Å². The number of halogens is 1. The fourth-order valence-electron chi connectivity index (χ4n) is 4.44. The van der Waals surface area contributed by atoms with E-state index in [4.69, 9.17) is 0 Å². The second-order valence-electron chi connectivity index (χ2n) is 10.2. The van der Waals surface area contributed by atoms with Gasteiger partial charge in [-0.25, -0.2) is 12.8 Å². The highest BCUT2D eigenvalue weighted by atomic mass is 32.2. The molecule has 1 saturated heterocycles. The van der Waals surface area contributed by atoms with Crippen LogP contribution in [0.1, 0.15) is 57.6 Å². The fraction of sp³-hybridized carbons (Fsp3) is 0.500. The van der Waals surface area contributed by atoms with Crippen LogP contribution in [0.4, 0.5) is 4.39 Å². The molecule has 2 aliphatic rings. The second-order valence-corrected chi connectivity index (χ2v) is 12.2. The highest BCUT2D eigenvalue weighted by molar-refractivity contribution is 7.89. The summed E-state index contributed by atoms with van der Waals surface area (Å²) in [5, 5.41) is 0. The van der Waals surface area contributed by atoms with Gasteiger partial charge in [-0.05, 0) is 54.9 Å². The molecule has 0 bridgehead atoms. The van der Waals surface area contributed by atoms with Crippen molar-refractivity contribution in [3.05, 3.63) is 65.5 Å². The highest BCUT2D eigenvalue weighted by Crippen LogP contribution is 2.33. The number of hydrogen-bond donors (Lipinski definition) is 0. The maximum atomic E-state index is 14.2. The van der Waals surface area contributed by atoms with E-state index in [1.54, 1.807) is 35.2 Å². The third-order valence-corrected chi connectivity index (χ3v) is 8.64. The Kier molecular flexibility index (Phi) is 6.65. The van der Waals surface area contributed by atoms with E-state index in [1.807, 2.05) is 12.1 Å². The standard InChI is InChI=1S/C26H33FN2O3S/c1-26(2,3)21-8-12-23(13-9-21)33(31,32)28-16-14-19(15-17-28)25(30)29(22-10-11-22)18-20-6-4-5-7-24(20)27/h4-9,12-13,19,22H,10-11,14-18H2,1-3H3. The van der Waals surface area contributed by atoms with Crippen LogP contribution < -0.4 is 0 Å². The van der Waals surface area contributed by atoms with E-state index in [0.29, 0.717) is 36.4 Å². The lowest BCUT2D eigenvalue weighted by Gasteiger charge is -2.34. The number of benzene rings is 2. The summed E-state index contributed by atoms with van der Waals surface area (Å²) in [7, 11) is -3.59. The molecule has 0 radical (unpaired) electrons. The van der Waals surface area contributed by atoms with Gasteiger partial charge in [0.2, 0.25) is 15.9 Å². The van der Waals surface area contributed by atoms with Crippen molar-refractivity contribution in [3.8, 4) is 0 Å². The van der Waals surface area contributed by atoms with Crippen molar-refractivity contribution in [3.63, 3.8) is 0 Å². The summed E-state index contributed by atoms with van der Waals surface area (Å²) < 4.78 is 41.9. The molecule has 2 fully saturated rings. The number of carbonyl (C=O) groups excluding carboxylic acids is 1. The van der Waals surface area contributed by atoms with Crippen LogP contribution in [0, 0.1) is 11.7 Å². The Bertz CT molecular complexity index is 1100. The summed E-state index contributed by atoms with van der Waals surface area (Å²) in [6.07, 6.45) is 2.85. The fourth-order valence-corrected chi connectivity index (χ4v) is 5.91. The third-order valence-electron chi connectivity index (χ3n) is 6.73. The van der Waals surface area contributed by atoms with E-state index in [0.717, 1.165) is 18.4 Å². The molecule has 0 N–H and O–H groups in total. The molecule has 7 heteroatoms. The van der Waals surface area contributed by atoms with Crippen molar-refractivity contribution >= 4 is 15.9 Å². The topological polar surface area (TPSA) is 57.7 Å². The van der Waals surface area contributed by atoms with Crippen molar-refractivity contribution in [2.45, 2.75) is 69.4 Å². The van der Waals surface area contributed by atoms with Crippen molar-refractivity contribution in [1.29, 1.82) is 0 Å². The van der Waals surface area contributed by atoms with Crippen molar-refractivity contribution in [2.24, 2.45) is 5.92 Å². The van der Waals surface area contributed by atoms with Gasteiger partial charge in [0, 0.05) is 37.2 Å². The maximum Gasteiger partial charge on any atom is 0.243 e. The highest BCUT2D eigenvalue weighted by Gasteiger charge is 2.39. The Morgan fingerprint density at radius 3 is 2.15 bits per heavy atom. The molecule has 0 unspecified atom stereocenters. The van der Waals surface area contributed by atoms with Gasteiger partial charge in [0.15, 0.2) is 0 Å². The number of sulfonamides is 1. The Hall–Kier alpha value is -2.25. The van der Waals surface area contributed by atoms with Crippen LogP contribution in [0.5, 0.6) is 0 Å². The molecular weight excluding hydrogens is 439 g/mol. The normalized spacial score (nSPS) is 18.3. The summed E-state index contributed by atoms with van der Waals surface area (Å²) in [6, 6.07) is 13.8. The zero-order chi connectivity index (χ0) is 23.8. The summed E-state index contributed by atoms with van der Waals surface area (Å²) in [5.41, 5.74) is 1.56. The van der Waals surface area contributed by atoms with Crippen LogP contribution in [0.25, 0.3) is 0 Å². The monoisotopic (exact) mass is 472 g/mol. The van der Waals surface area contributed by atoms with Crippen LogP contribution in [-0.4, -0.2) is 42.7 Å².